The summed E-state index contributed by atoms with van der Waals surface area (Å²) in [6, 6.07) is 7.89. The van der Waals surface area contributed by atoms with Gasteiger partial charge in [0.05, 0.1) is 11.8 Å². The average molecular weight is 513 g/mol. The molecule has 2 amide bonds. The van der Waals surface area contributed by atoms with E-state index in [0.717, 1.165) is 6.42 Å². The van der Waals surface area contributed by atoms with Crippen LogP contribution >= 0.6 is 31.9 Å². The van der Waals surface area contributed by atoms with Gasteiger partial charge < -0.3 is 4.74 Å². The Bertz CT molecular complexity index is 767. The molecule has 5 nitrogen and oxygen atoms in total. The second-order valence-corrected chi connectivity index (χ2v) is 10.5. The van der Waals surface area contributed by atoms with E-state index < -0.39 is 12.0 Å². The molecule has 0 unspecified atom stereocenters. The van der Waals surface area contributed by atoms with Crippen LogP contribution in [-0.4, -0.2) is 38.4 Å². The van der Waals surface area contributed by atoms with Crippen LogP contribution in [0.5, 0.6) is 5.75 Å². The van der Waals surface area contributed by atoms with Crippen LogP contribution in [0.4, 0.5) is 0 Å². The van der Waals surface area contributed by atoms with Crippen molar-refractivity contribution < 1.29 is 19.1 Å². The van der Waals surface area contributed by atoms with Crippen LogP contribution in [0, 0.1) is 29.6 Å². The van der Waals surface area contributed by atoms with Gasteiger partial charge in [-0.05, 0) is 42.7 Å². The second-order valence-electron chi connectivity index (χ2n) is 8.43. The van der Waals surface area contributed by atoms with E-state index in [0.29, 0.717) is 12.2 Å². The molecular weight excluding hydrogens is 490 g/mol. The van der Waals surface area contributed by atoms with Crippen LogP contribution in [0.15, 0.2) is 30.3 Å². The summed E-state index contributed by atoms with van der Waals surface area (Å²) >= 11 is 7.39. The standard InChI is InChI=1S/C21H23Br2NO4/c1-10(2)8-14(21(27)28-11-6-4-3-5-7-11)24-19(25)15-12-9-13(16(15)20(24)26)18(23)17(12)22/h3-7,10,12-18H,8-9H2,1-2H3/t12-,13-,14+,15-,16+,17-,18+/m0/s1. The Kier molecular flexibility index (Phi) is 5.42. The largest absolute Gasteiger partial charge is 0.425 e. The molecule has 7 heteroatoms. The van der Waals surface area contributed by atoms with Gasteiger partial charge in [0.25, 0.3) is 0 Å². The molecule has 2 aliphatic carbocycles. The maximum absolute atomic E-state index is 13.3. The molecule has 1 aliphatic heterocycles. The summed E-state index contributed by atoms with van der Waals surface area (Å²) in [5.41, 5.74) is 0. The van der Waals surface area contributed by atoms with E-state index >= 15 is 0 Å². The molecule has 2 bridgehead atoms. The fourth-order valence-electron chi connectivity index (χ4n) is 5.11. The Morgan fingerprint density at radius 1 is 1.07 bits per heavy atom. The van der Waals surface area contributed by atoms with Crippen molar-refractivity contribution in [2.45, 2.75) is 42.4 Å². The Hall–Kier alpha value is -1.21. The lowest BCUT2D eigenvalue weighted by atomic mass is 9.81. The molecule has 1 heterocycles. The van der Waals surface area contributed by atoms with Crippen LogP contribution in [-0.2, 0) is 14.4 Å². The topological polar surface area (TPSA) is 63.7 Å². The molecular formula is C21H23Br2NO4. The third-order valence-corrected chi connectivity index (χ3v) is 9.47. The minimum atomic E-state index is -0.882. The second kappa shape index (κ2) is 7.56. The zero-order valence-corrected chi connectivity index (χ0v) is 18.9. The first kappa shape index (κ1) is 20.1. The Labute approximate surface area is 181 Å². The molecule has 0 radical (unpaired) electrons. The number of fused-ring (bicyclic) bond motifs is 5. The summed E-state index contributed by atoms with van der Waals surface area (Å²) in [6.45, 7) is 3.95. The van der Waals surface area contributed by atoms with E-state index in [2.05, 4.69) is 31.9 Å². The number of hydrogen-bond donors (Lipinski definition) is 0. The molecule has 150 valence electrons. The zero-order valence-electron chi connectivity index (χ0n) is 15.8. The van der Waals surface area contributed by atoms with Crippen LogP contribution in [0.1, 0.15) is 26.7 Å². The fraction of sp³-hybridized carbons (Fsp3) is 0.571. The number of para-hydroxylation sites is 1. The van der Waals surface area contributed by atoms with Gasteiger partial charge in [-0.15, -0.1) is 0 Å². The average Bonchev–Trinajstić information content (AvgIpc) is 3.26. The van der Waals surface area contributed by atoms with Crippen molar-refractivity contribution in [3.63, 3.8) is 0 Å². The summed E-state index contributed by atoms with van der Waals surface area (Å²) in [5, 5.41) is 0. The lowest BCUT2D eigenvalue weighted by Crippen LogP contribution is -2.48. The van der Waals surface area contributed by atoms with Crippen molar-refractivity contribution in [1.82, 2.24) is 4.90 Å². The van der Waals surface area contributed by atoms with Gasteiger partial charge in [0.2, 0.25) is 11.8 Å². The number of halogens is 2. The number of benzene rings is 1. The number of carbonyl (C=O) groups excluding carboxylic acids is 3. The molecule has 1 aromatic rings. The lowest BCUT2D eigenvalue weighted by Gasteiger charge is -2.28. The maximum atomic E-state index is 13.3. The van der Waals surface area contributed by atoms with Crippen LogP contribution < -0.4 is 4.74 Å². The highest BCUT2D eigenvalue weighted by molar-refractivity contribution is 9.12. The Morgan fingerprint density at radius 3 is 2.11 bits per heavy atom. The Balaban J connectivity index is 1.61. The maximum Gasteiger partial charge on any atom is 0.334 e. The zero-order chi connectivity index (χ0) is 20.2. The van der Waals surface area contributed by atoms with Gasteiger partial charge in [0.1, 0.15) is 11.8 Å². The number of amides is 2. The fourth-order valence-corrected chi connectivity index (χ4v) is 6.98. The molecule has 0 aromatic heterocycles. The summed E-state index contributed by atoms with van der Waals surface area (Å²) < 4.78 is 5.52. The third-order valence-electron chi connectivity index (χ3n) is 6.26. The molecule has 7 atom stereocenters. The molecule has 1 aromatic carbocycles. The summed E-state index contributed by atoms with van der Waals surface area (Å²) in [5.74, 6) is -0.787. The predicted octanol–water partition coefficient (Wildman–Crippen LogP) is 3.78. The van der Waals surface area contributed by atoms with E-state index in [1.807, 2.05) is 19.9 Å². The third kappa shape index (κ3) is 3.15. The highest BCUT2D eigenvalue weighted by Crippen LogP contribution is 2.60. The molecule has 2 saturated carbocycles. The number of alkyl halides is 2. The quantitative estimate of drug-likeness (QED) is 0.260. The van der Waals surface area contributed by atoms with Crippen LogP contribution in [0.2, 0.25) is 0 Å². The van der Waals surface area contributed by atoms with Gasteiger partial charge in [-0.3, -0.25) is 14.5 Å². The van der Waals surface area contributed by atoms with Crippen molar-refractivity contribution in [2.24, 2.45) is 29.6 Å². The molecule has 28 heavy (non-hydrogen) atoms. The Morgan fingerprint density at radius 2 is 1.61 bits per heavy atom. The first-order chi connectivity index (χ1) is 13.3. The van der Waals surface area contributed by atoms with Gasteiger partial charge in [-0.25, -0.2) is 4.79 Å². The van der Waals surface area contributed by atoms with Crippen molar-refractivity contribution >= 4 is 49.6 Å². The van der Waals surface area contributed by atoms with Crippen molar-refractivity contribution in [3.8, 4) is 5.75 Å². The van der Waals surface area contributed by atoms with Gasteiger partial charge in [0, 0.05) is 9.65 Å². The normalized spacial score (nSPS) is 34.8. The van der Waals surface area contributed by atoms with E-state index in [9.17, 15) is 14.4 Å². The van der Waals surface area contributed by atoms with Crippen LogP contribution in [0.25, 0.3) is 0 Å². The predicted molar refractivity (Wildman–Crippen MR) is 111 cm³/mol. The SMILES string of the molecule is CC(C)C[C@H](C(=O)Oc1ccccc1)N1C(=O)[C@@H]2[C@@H]3C[C@H]([C@H](Br)[C@@H]3Br)[C@@H]2C1=O. The van der Waals surface area contributed by atoms with E-state index in [1.54, 1.807) is 24.3 Å². The minimum Gasteiger partial charge on any atom is -0.425 e. The summed E-state index contributed by atoms with van der Waals surface area (Å²) in [6.07, 6.45) is 1.27. The molecule has 0 N–H and O–H groups in total. The minimum absolute atomic E-state index is 0.130. The van der Waals surface area contributed by atoms with Crippen molar-refractivity contribution in [1.29, 1.82) is 0 Å². The van der Waals surface area contributed by atoms with E-state index in [1.165, 1.54) is 4.90 Å². The number of ether oxygens (including phenoxy) is 1. The van der Waals surface area contributed by atoms with Gasteiger partial charge >= 0.3 is 5.97 Å². The summed E-state index contributed by atoms with van der Waals surface area (Å²) in [7, 11) is 0. The lowest BCUT2D eigenvalue weighted by molar-refractivity contribution is -0.154. The number of rotatable bonds is 5. The smallest absolute Gasteiger partial charge is 0.334 e. The van der Waals surface area contributed by atoms with Gasteiger partial charge in [0.15, 0.2) is 0 Å². The molecule has 3 aliphatic rings. The number of nitrogens with zero attached hydrogens (tertiary/aromatic N) is 1. The van der Waals surface area contributed by atoms with E-state index in [4.69, 9.17) is 4.74 Å². The molecule has 4 rings (SSSR count). The van der Waals surface area contributed by atoms with E-state index in [-0.39, 0.29) is 51.1 Å². The number of imide groups is 1. The molecule has 3 fully saturated rings. The first-order valence-corrected chi connectivity index (χ1v) is 11.6. The number of hydrogen-bond acceptors (Lipinski definition) is 4. The monoisotopic (exact) mass is 511 g/mol. The first-order valence-electron chi connectivity index (χ1n) is 9.73. The highest BCUT2D eigenvalue weighted by Gasteiger charge is 2.67. The molecule has 1 saturated heterocycles. The number of likely N-dealkylation sites (tertiary alicyclic amines) is 1. The molecule has 0 spiro atoms. The van der Waals surface area contributed by atoms with Crippen LogP contribution in [0.3, 0.4) is 0 Å². The summed E-state index contributed by atoms with van der Waals surface area (Å²) in [4.78, 5) is 41.1. The number of carbonyl (C=O) groups is 3. The van der Waals surface area contributed by atoms with Gasteiger partial charge in [-0.2, -0.15) is 0 Å². The number of esters is 1. The van der Waals surface area contributed by atoms with Gasteiger partial charge in [-0.1, -0.05) is 63.9 Å². The van der Waals surface area contributed by atoms with Crippen molar-refractivity contribution in [2.75, 3.05) is 0 Å². The highest BCUT2D eigenvalue weighted by atomic mass is 79.9. The van der Waals surface area contributed by atoms with Crippen molar-refractivity contribution in [3.05, 3.63) is 30.3 Å².